The molecule has 0 radical (unpaired) electrons. The zero-order chi connectivity index (χ0) is 13.0. The maximum atomic E-state index is 5.56. The Morgan fingerprint density at radius 1 is 1.33 bits per heavy atom. The summed E-state index contributed by atoms with van der Waals surface area (Å²) in [5.41, 5.74) is 6.90. The van der Waals surface area contributed by atoms with Crippen LogP contribution in [-0.4, -0.2) is 18.1 Å². The fourth-order valence-electron chi connectivity index (χ4n) is 1.93. The van der Waals surface area contributed by atoms with Crippen molar-refractivity contribution in [2.24, 2.45) is 11.1 Å². The highest BCUT2D eigenvalue weighted by Crippen LogP contribution is 2.28. The van der Waals surface area contributed by atoms with Gasteiger partial charge in [-0.2, -0.15) is 0 Å². The van der Waals surface area contributed by atoms with Crippen molar-refractivity contribution < 1.29 is 0 Å². The number of rotatable bonds is 6. The van der Waals surface area contributed by atoms with Crippen LogP contribution in [0.1, 0.15) is 26.7 Å². The number of para-hydroxylation sites is 1. The average Bonchev–Trinajstić information content (AvgIpc) is 2.77. The van der Waals surface area contributed by atoms with Crippen LogP contribution in [-0.2, 0) is 0 Å². The van der Waals surface area contributed by atoms with E-state index in [0.29, 0.717) is 0 Å². The highest BCUT2D eigenvalue weighted by molar-refractivity contribution is 7.22. The molecule has 0 saturated heterocycles. The smallest absolute Gasteiger partial charge is 0.183 e. The molecule has 0 bridgehead atoms. The summed E-state index contributed by atoms with van der Waals surface area (Å²) in [4.78, 5) is 4.58. The van der Waals surface area contributed by atoms with Gasteiger partial charge in [-0.1, -0.05) is 37.3 Å². The predicted molar refractivity (Wildman–Crippen MR) is 80.2 cm³/mol. The third kappa shape index (κ3) is 3.43. The van der Waals surface area contributed by atoms with Gasteiger partial charge in [0.15, 0.2) is 5.13 Å². The molecule has 98 valence electrons. The third-order valence-corrected chi connectivity index (χ3v) is 4.06. The summed E-state index contributed by atoms with van der Waals surface area (Å²) in [5, 5.41) is 4.46. The number of thiazole rings is 1. The van der Waals surface area contributed by atoms with E-state index < -0.39 is 0 Å². The second kappa shape index (κ2) is 5.67. The Kier molecular flexibility index (Phi) is 4.19. The van der Waals surface area contributed by atoms with Gasteiger partial charge in [-0.25, -0.2) is 4.98 Å². The van der Waals surface area contributed by atoms with Gasteiger partial charge in [0.1, 0.15) is 0 Å². The van der Waals surface area contributed by atoms with Crippen molar-refractivity contribution in [3.8, 4) is 0 Å². The molecule has 0 fully saturated rings. The summed E-state index contributed by atoms with van der Waals surface area (Å²) in [7, 11) is 0. The van der Waals surface area contributed by atoms with E-state index in [0.717, 1.165) is 36.6 Å². The molecule has 18 heavy (non-hydrogen) atoms. The molecular formula is C14H21N3S. The van der Waals surface area contributed by atoms with Crippen LogP contribution >= 0.6 is 11.3 Å². The quantitative estimate of drug-likeness (QED) is 0.839. The minimum absolute atomic E-state index is 0.261. The highest BCUT2D eigenvalue weighted by atomic mass is 32.1. The lowest BCUT2D eigenvalue weighted by Crippen LogP contribution is -2.24. The molecule has 0 amide bonds. The van der Waals surface area contributed by atoms with Gasteiger partial charge in [-0.05, 0) is 36.9 Å². The van der Waals surface area contributed by atoms with Crippen molar-refractivity contribution in [2.45, 2.75) is 26.7 Å². The van der Waals surface area contributed by atoms with Crippen LogP contribution in [0, 0.1) is 5.41 Å². The van der Waals surface area contributed by atoms with Gasteiger partial charge in [0.05, 0.1) is 10.2 Å². The lowest BCUT2D eigenvalue weighted by Gasteiger charge is -2.24. The Morgan fingerprint density at radius 2 is 2.11 bits per heavy atom. The monoisotopic (exact) mass is 263 g/mol. The first-order valence-corrected chi connectivity index (χ1v) is 7.22. The fourth-order valence-corrected chi connectivity index (χ4v) is 2.79. The number of aromatic nitrogens is 1. The van der Waals surface area contributed by atoms with Gasteiger partial charge in [0.25, 0.3) is 0 Å². The molecule has 2 rings (SSSR count). The average molecular weight is 263 g/mol. The van der Waals surface area contributed by atoms with Crippen LogP contribution < -0.4 is 11.1 Å². The highest BCUT2D eigenvalue weighted by Gasteiger charge is 2.17. The van der Waals surface area contributed by atoms with E-state index in [1.54, 1.807) is 11.3 Å². The number of hydrogen-bond acceptors (Lipinski definition) is 4. The van der Waals surface area contributed by atoms with Gasteiger partial charge in [-0.3, -0.25) is 0 Å². The molecule has 0 saturated carbocycles. The lowest BCUT2D eigenvalue weighted by atomic mass is 9.88. The minimum Gasteiger partial charge on any atom is -0.361 e. The largest absolute Gasteiger partial charge is 0.361 e. The van der Waals surface area contributed by atoms with Gasteiger partial charge in [-0.15, -0.1) is 0 Å². The summed E-state index contributed by atoms with van der Waals surface area (Å²) in [5.74, 6) is 0. The Hall–Kier alpha value is -1.13. The standard InChI is InChI=1S/C14H21N3S/c1-14(2,8-5-9-15)10-16-13-17-11-6-3-4-7-12(11)18-13/h3-4,6-7H,5,8-10,15H2,1-2H3,(H,16,17). The first-order valence-electron chi connectivity index (χ1n) is 6.40. The van der Waals surface area contributed by atoms with E-state index in [1.807, 2.05) is 6.07 Å². The number of hydrogen-bond donors (Lipinski definition) is 2. The summed E-state index contributed by atoms with van der Waals surface area (Å²) in [6.07, 6.45) is 2.22. The maximum Gasteiger partial charge on any atom is 0.183 e. The zero-order valence-corrected chi connectivity index (χ0v) is 11.9. The van der Waals surface area contributed by atoms with E-state index in [-0.39, 0.29) is 5.41 Å². The van der Waals surface area contributed by atoms with E-state index >= 15 is 0 Å². The predicted octanol–water partition coefficient (Wildman–Crippen LogP) is 3.47. The molecule has 1 aromatic carbocycles. The number of nitrogens with zero attached hydrogens (tertiary/aromatic N) is 1. The summed E-state index contributed by atoms with van der Waals surface area (Å²) < 4.78 is 1.24. The van der Waals surface area contributed by atoms with E-state index in [1.165, 1.54) is 4.70 Å². The molecule has 3 nitrogen and oxygen atoms in total. The van der Waals surface area contributed by atoms with Gasteiger partial charge in [0.2, 0.25) is 0 Å². The van der Waals surface area contributed by atoms with Crippen molar-refractivity contribution in [1.82, 2.24) is 4.98 Å². The molecule has 4 heteroatoms. The molecule has 3 N–H and O–H groups in total. The molecule has 1 aromatic heterocycles. The Balaban J connectivity index is 1.97. The zero-order valence-electron chi connectivity index (χ0n) is 11.1. The number of nitrogens with one attached hydrogen (secondary N) is 1. The lowest BCUT2D eigenvalue weighted by molar-refractivity contribution is 0.350. The second-order valence-corrected chi connectivity index (χ2v) is 6.43. The van der Waals surface area contributed by atoms with Crippen LogP contribution in [0.15, 0.2) is 24.3 Å². The van der Waals surface area contributed by atoms with Crippen LogP contribution in [0.25, 0.3) is 10.2 Å². The van der Waals surface area contributed by atoms with Gasteiger partial charge in [0, 0.05) is 6.54 Å². The Labute approximate surface area is 112 Å². The molecule has 0 atom stereocenters. The Bertz CT molecular complexity index is 471. The molecule has 2 aromatic rings. The van der Waals surface area contributed by atoms with Crippen LogP contribution in [0.5, 0.6) is 0 Å². The molecule has 0 aliphatic rings. The second-order valence-electron chi connectivity index (χ2n) is 5.40. The summed E-state index contributed by atoms with van der Waals surface area (Å²) >= 11 is 1.71. The Morgan fingerprint density at radius 3 is 2.83 bits per heavy atom. The molecule has 0 aliphatic carbocycles. The number of anilines is 1. The van der Waals surface area contributed by atoms with E-state index in [2.05, 4.69) is 42.3 Å². The van der Waals surface area contributed by atoms with Crippen molar-refractivity contribution >= 4 is 26.7 Å². The minimum atomic E-state index is 0.261. The first-order chi connectivity index (χ1) is 8.61. The number of nitrogens with two attached hydrogens (primary N) is 1. The summed E-state index contributed by atoms with van der Waals surface area (Å²) in [6, 6.07) is 8.24. The van der Waals surface area contributed by atoms with Crippen molar-refractivity contribution in [1.29, 1.82) is 0 Å². The fraction of sp³-hybridized carbons (Fsp3) is 0.500. The molecule has 0 unspecified atom stereocenters. The maximum absolute atomic E-state index is 5.56. The van der Waals surface area contributed by atoms with Gasteiger partial charge >= 0.3 is 0 Å². The topological polar surface area (TPSA) is 50.9 Å². The van der Waals surface area contributed by atoms with Crippen LogP contribution in [0.2, 0.25) is 0 Å². The molecule has 0 spiro atoms. The van der Waals surface area contributed by atoms with E-state index in [9.17, 15) is 0 Å². The third-order valence-electron chi connectivity index (χ3n) is 3.07. The molecule has 1 heterocycles. The van der Waals surface area contributed by atoms with Crippen molar-refractivity contribution in [3.63, 3.8) is 0 Å². The number of fused-ring (bicyclic) bond motifs is 1. The van der Waals surface area contributed by atoms with E-state index in [4.69, 9.17) is 5.73 Å². The van der Waals surface area contributed by atoms with Crippen molar-refractivity contribution in [3.05, 3.63) is 24.3 Å². The van der Waals surface area contributed by atoms with Crippen molar-refractivity contribution in [2.75, 3.05) is 18.4 Å². The SMILES string of the molecule is CC(C)(CCCN)CNc1nc2ccccc2s1. The molecular weight excluding hydrogens is 242 g/mol. The van der Waals surface area contributed by atoms with Crippen LogP contribution in [0.4, 0.5) is 5.13 Å². The normalized spacial score (nSPS) is 11.9. The summed E-state index contributed by atoms with van der Waals surface area (Å²) in [6.45, 7) is 6.24. The van der Waals surface area contributed by atoms with Crippen LogP contribution in [0.3, 0.4) is 0 Å². The molecule has 0 aliphatic heterocycles. The first kappa shape index (κ1) is 13.3. The van der Waals surface area contributed by atoms with Gasteiger partial charge < -0.3 is 11.1 Å². The number of benzene rings is 1.